The van der Waals surface area contributed by atoms with Crippen LogP contribution in [0.3, 0.4) is 0 Å². The normalized spacial score (nSPS) is 19.7. The molecule has 24 heteroatoms. The third-order valence-electron chi connectivity index (χ3n) is 12.8. The van der Waals surface area contributed by atoms with Crippen molar-refractivity contribution in [1.29, 1.82) is 0 Å². The number of carboxylic acid groups (broad SMARTS) is 1. The van der Waals surface area contributed by atoms with Crippen LogP contribution in [0.2, 0.25) is 0 Å². The molecule has 15 N–H and O–H groups in total. The van der Waals surface area contributed by atoms with Crippen LogP contribution in [0.4, 0.5) is 0 Å². The lowest BCUT2D eigenvalue weighted by atomic mass is 10.0. The smallest absolute Gasteiger partial charge is 0.326 e. The maximum Gasteiger partial charge on any atom is 0.326 e. The fourth-order valence-corrected chi connectivity index (χ4v) is 9.17. The zero-order valence-corrected chi connectivity index (χ0v) is 40.9. The summed E-state index contributed by atoms with van der Waals surface area (Å²) in [5, 5.41) is 32.9. The zero-order chi connectivity index (χ0) is 52.2. The van der Waals surface area contributed by atoms with Crippen molar-refractivity contribution in [2.45, 2.75) is 146 Å². The number of carbonyl (C=O) groups is 9. The molecule has 394 valence electrons. The highest BCUT2D eigenvalue weighted by molar-refractivity contribution is 5.98. The number of rotatable bonds is 27. The van der Waals surface area contributed by atoms with Crippen molar-refractivity contribution in [2.24, 2.45) is 33.8 Å². The molecule has 4 rings (SSSR count). The molecule has 0 bridgehead atoms. The first-order valence-electron chi connectivity index (χ1n) is 24.6. The quantitative estimate of drug-likeness (QED) is 0.0236. The van der Waals surface area contributed by atoms with Crippen molar-refractivity contribution in [2.75, 3.05) is 45.9 Å². The number of nitrogens with zero attached hydrogens (tertiary/aromatic N) is 4. The van der Waals surface area contributed by atoms with Crippen LogP contribution >= 0.6 is 0 Å². The van der Waals surface area contributed by atoms with Crippen molar-refractivity contribution in [3.05, 3.63) is 35.9 Å². The molecule has 8 amide bonds. The number of carboxylic acids is 1. The summed E-state index contributed by atoms with van der Waals surface area (Å²) < 4.78 is 0. The molecule has 3 heterocycles. The number of likely N-dealkylation sites (tertiary alicyclic amines) is 3. The second kappa shape index (κ2) is 28.4. The molecule has 24 nitrogen and oxygen atoms in total. The van der Waals surface area contributed by atoms with Gasteiger partial charge in [0, 0.05) is 32.6 Å². The Labute approximate surface area is 414 Å². The molecule has 1 aromatic carbocycles. The summed E-state index contributed by atoms with van der Waals surface area (Å²) in [6.45, 7) is 3.38. The molecule has 71 heavy (non-hydrogen) atoms. The van der Waals surface area contributed by atoms with E-state index in [9.17, 15) is 53.4 Å². The monoisotopic (exact) mass is 998 g/mol. The van der Waals surface area contributed by atoms with Crippen LogP contribution in [0.5, 0.6) is 0 Å². The largest absolute Gasteiger partial charge is 0.480 e. The molecule has 1 aromatic rings. The molecule has 8 atom stereocenters. The van der Waals surface area contributed by atoms with Crippen LogP contribution in [0.15, 0.2) is 35.3 Å². The molecular formula is C47H75N13O11. The van der Waals surface area contributed by atoms with E-state index in [0.29, 0.717) is 63.5 Å². The Morgan fingerprint density at radius 2 is 1.30 bits per heavy atom. The van der Waals surface area contributed by atoms with E-state index in [4.69, 9.17) is 22.9 Å². The molecule has 3 aliphatic heterocycles. The van der Waals surface area contributed by atoms with Gasteiger partial charge in [0.15, 0.2) is 5.96 Å². The van der Waals surface area contributed by atoms with Crippen molar-refractivity contribution in [3.63, 3.8) is 0 Å². The highest BCUT2D eigenvalue weighted by atomic mass is 16.4. The summed E-state index contributed by atoms with van der Waals surface area (Å²) in [6, 6.07) is -0.204. The molecule has 0 aliphatic carbocycles. The molecule has 3 fully saturated rings. The van der Waals surface area contributed by atoms with Crippen molar-refractivity contribution in [1.82, 2.24) is 41.3 Å². The third-order valence-corrected chi connectivity index (χ3v) is 12.8. The highest BCUT2D eigenvalue weighted by Crippen LogP contribution is 2.26. The van der Waals surface area contributed by atoms with Gasteiger partial charge in [-0.25, -0.2) is 4.79 Å². The zero-order valence-electron chi connectivity index (χ0n) is 40.9. The number of benzene rings is 1. The molecule has 0 radical (unpaired) electrons. The van der Waals surface area contributed by atoms with Crippen molar-refractivity contribution in [3.8, 4) is 0 Å². The van der Waals surface area contributed by atoms with Crippen LogP contribution in [0.1, 0.15) is 96.5 Å². The fourth-order valence-electron chi connectivity index (χ4n) is 9.17. The molecule has 3 saturated heterocycles. The lowest BCUT2D eigenvalue weighted by Gasteiger charge is -2.33. The highest BCUT2D eigenvalue weighted by Gasteiger charge is 2.44. The Bertz CT molecular complexity index is 2040. The average Bonchev–Trinajstić information content (AvgIpc) is 4.15. The van der Waals surface area contributed by atoms with E-state index < -0.39 is 115 Å². The van der Waals surface area contributed by atoms with Gasteiger partial charge in [-0.15, -0.1) is 0 Å². The molecule has 3 aliphatic rings. The Balaban J connectivity index is 1.40. The number of carbonyl (C=O) groups excluding carboxylic acids is 8. The second-order valence-corrected chi connectivity index (χ2v) is 18.8. The van der Waals surface area contributed by atoms with Gasteiger partial charge in [0.1, 0.15) is 42.3 Å². The Kier molecular flexibility index (Phi) is 22.9. The van der Waals surface area contributed by atoms with E-state index in [-0.39, 0.29) is 70.2 Å². The third kappa shape index (κ3) is 17.2. The van der Waals surface area contributed by atoms with Crippen LogP contribution < -0.4 is 49.5 Å². The number of nitrogens with two attached hydrogens (primary N) is 4. The van der Waals surface area contributed by atoms with E-state index >= 15 is 0 Å². The first-order chi connectivity index (χ1) is 33.9. The number of aliphatic imine (C=N–C) groups is 1. The minimum Gasteiger partial charge on any atom is -0.480 e. The Hall–Kier alpha value is -6.40. The molecule has 0 unspecified atom stereocenters. The van der Waals surface area contributed by atoms with Crippen LogP contribution in [-0.4, -0.2) is 178 Å². The SMILES string of the molecule is CC(C)C[C@H](NC(=O)[C@@H]1CCCN1C(=O)[C@H](CO)NC(=O)[C@H](Cc1ccccc1)NC(=O)CNC(=O)[C@@H]1CCCN1C(=O)[C@@H]1CCCN1C(=O)[C@@H](CCCN=C(N)N)NC(=O)[C@@H](N)CCCCN)C(=O)O. The number of aliphatic carboxylic acids is 1. The molecule has 0 saturated carbocycles. The number of aliphatic hydroxyl groups is 1. The van der Waals surface area contributed by atoms with Gasteiger partial charge >= 0.3 is 5.97 Å². The van der Waals surface area contributed by atoms with Gasteiger partial charge in [0.25, 0.3) is 0 Å². The lowest BCUT2D eigenvalue weighted by molar-refractivity contribution is -0.148. The number of unbranched alkanes of at least 4 members (excludes halogenated alkanes) is 1. The number of nitrogens with one attached hydrogen (secondary N) is 5. The van der Waals surface area contributed by atoms with Crippen molar-refractivity contribution < 1.29 is 53.4 Å². The minimum absolute atomic E-state index is 0.0405. The van der Waals surface area contributed by atoms with Gasteiger partial charge in [0.2, 0.25) is 47.3 Å². The molecule has 0 aromatic heterocycles. The Morgan fingerprint density at radius 1 is 0.704 bits per heavy atom. The van der Waals surface area contributed by atoms with Gasteiger partial charge in [-0.1, -0.05) is 50.6 Å². The number of amides is 8. The number of hydrogen-bond donors (Lipinski definition) is 11. The topological polar surface area (TPSA) is 380 Å². The maximum absolute atomic E-state index is 14.2. The first-order valence-corrected chi connectivity index (χ1v) is 24.6. The maximum atomic E-state index is 14.2. The summed E-state index contributed by atoms with van der Waals surface area (Å²) in [5.41, 5.74) is 23.3. The van der Waals surface area contributed by atoms with Crippen molar-refractivity contribution >= 4 is 59.2 Å². The van der Waals surface area contributed by atoms with E-state index in [0.717, 1.165) is 0 Å². The summed E-state index contributed by atoms with van der Waals surface area (Å²) in [4.78, 5) is 129. The minimum atomic E-state index is -1.52. The van der Waals surface area contributed by atoms with Gasteiger partial charge < -0.3 is 74.4 Å². The van der Waals surface area contributed by atoms with E-state index in [1.54, 1.807) is 30.3 Å². The lowest BCUT2D eigenvalue weighted by Crippen LogP contribution is -2.59. The predicted molar refractivity (Wildman–Crippen MR) is 260 cm³/mol. The van der Waals surface area contributed by atoms with Gasteiger partial charge in [0.05, 0.1) is 19.2 Å². The van der Waals surface area contributed by atoms with Crippen LogP contribution in [0.25, 0.3) is 0 Å². The van der Waals surface area contributed by atoms with Crippen LogP contribution in [-0.2, 0) is 49.6 Å². The summed E-state index contributed by atoms with van der Waals surface area (Å²) in [6.07, 6.45) is 4.49. The predicted octanol–water partition coefficient (Wildman–Crippen LogP) is -3.11. The molecular weight excluding hydrogens is 923 g/mol. The first kappa shape index (κ1) is 57.2. The fraction of sp³-hybridized carbons (Fsp3) is 0.660. The number of hydrogen-bond acceptors (Lipinski definition) is 13. The number of aliphatic hydroxyl groups excluding tert-OH is 1. The van der Waals surface area contributed by atoms with E-state index in [1.807, 2.05) is 13.8 Å². The van der Waals surface area contributed by atoms with Crippen LogP contribution in [0, 0.1) is 5.92 Å². The molecule has 0 spiro atoms. The Morgan fingerprint density at radius 3 is 1.90 bits per heavy atom. The summed E-state index contributed by atoms with van der Waals surface area (Å²) >= 11 is 0. The van der Waals surface area contributed by atoms with Gasteiger partial charge in [-0.3, -0.25) is 43.3 Å². The number of guanidine groups is 1. The van der Waals surface area contributed by atoms with E-state index in [1.165, 1.54) is 14.7 Å². The summed E-state index contributed by atoms with van der Waals surface area (Å²) in [5.74, 6) is -6.52. The second-order valence-electron chi connectivity index (χ2n) is 18.8. The van der Waals surface area contributed by atoms with Gasteiger partial charge in [-0.2, -0.15) is 0 Å². The standard InChI is InChI=1S/C47H75N13O11/c1-28(2)24-33(46(70)71)56-42(66)36-17-10-21-58(36)44(68)34(27-61)57-40(64)32(25-29-12-4-3-5-13-29)54-38(62)26-53-41(65)35-16-9-22-59(35)45(69)37-18-11-23-60(37)43(67)31(15-8-20-52-47(50)51)55-39(63)30(49)14-6-7-19-48/h3-5,12-13,28,30-37,61H,6-11,14-27,48-49H2,1-2H3,(H,53,65)(H,54,62)(H,55,63)(H,56,66)(H,57,64)(H,70,71)(H4,50,51,52)/t30-,31+,32-,33-,34-,35-,36-,37-/m0/s1. The average molecular weight is 998 g/mol. The van der Waals surface area contributed by atoms with E-state index in [2.05, 4.69) is 31.6 Å². The van der Waals surface area contributed by atoms with Gasteiger partial charge in [-0.05, 0) is 88.7 Å². The summed E-state index contributed by atoms with van der Waals surface area (Å²) in [7, 11) is 0.